The fourth-order valence-corrected chi connectivity index (χ4v) is 10.1. The highest BCUT2D eigenvalue weighted by Gasteiger charge is 2.27. The van der Waals surface area contributed by atoms with Crippen LogP contribution in [0.4, 0.5) is 28.4 Å². The van der Waals surface area contributed by atoms with Crippen LogP contribution in [0.1, 0.15) is 196 Å². The van der Waals surface area contributed by atoms with Gasteiger partial charge in [0.1, 0.15) is 17.3 Å². The molecule has 0 saturated carbocycles. The van der Waals surface area contributed by atoms with Crippen LogP contribution < -0.4 is 11.1 Å². The zero-order chi connectivity index (χ0) is 57.3. The normalized spacial score (nSPS) is 13.1. The molecule has 422 valence electrons. The molecule has 0 bridgehead atoms. The van der Waals surface area contributed by atoms with Crippen molar-refractivity contribution in [1.29, 1.82) is 5.26 Å². The van der Waals surface area contributed by atoms with E-state index in [1.165, 1.54) is 13.8 Å². The Morgan fingerprint density at radius 3 is 1.28 bits per heavy atom. The Balaban J connectivity index is 1.69. The number of aromatic nitrogens is 2. The highest BCUT2D eigenvalue weighted by molar-refractivity contribution is 5.95. The summed E-state index contributed by atoms with van der Waals surface area (Å²) in [6.45, 7) is 30.0. The topological polar surface area (TPSA) is 203 Å². The molecule has 0 saturated heterocycles. The maximum Gasteiger partial charge on any atom is 0.281 e. The molecule has 2 amide bonds. The van der Waals surface area contributed by atoms with Crippen molar-refractivity contribution in [1.82, 2.24) is 18.9 Å². The third-order valence-electron chi connectivity index (χ3n) is 15.4. The van der Waals surface area contributed by atoms with Crippen molar-refractivity contribution in [3.8, 4) is 17.8 Å². The average Bonchev–Trinajstić information content (AvgIpc) is 3.46. The van der Waals surface area contributed by atoms with Gasteiger partial charge in [0.05, 0.1) is 17.9 Å². The van der Waals surface area contributed by atoms with E-state index >= 15 is 0 Å². The number of benzene rings is 2. The van der Waals surface area contributed by atoms with Crippen molar-refractivity contribution in [2.45, 2.75) is 185 Å². The number of unbranched alkanes of at least 4 members (excludes halogenated alkanes) is 4. The summed E-state index contributed by atoms with van der Waals surface area (Å²) >= 11 is 0. The first-order valence-corrected chi connectivity index (χ1v) is 28.9. The van der Waals surface area contributed by atoms with Crippen LogP contribution in [0.15, 0.2) is 78.6 Å². The number of hydrogen-bond donors (Lipinski definition) is 2. The van der Waals surface area contributed by atoms with E-state index in [-0.39, 0.29) is 45.6 Å². The van der Waals surface area contributed by atoms with E-state index in [2.05, 4.69) is 80.7 Å². The Labute approximate surface area is 464 Å². The van der Waals surface area contributed by atoms with Gasteiger partial charge in [-0.3, -0.25) is 28.3 Å². The van der Waals surface area contributed by atoms with Gasteiger partial charge in [0.25, 0.3) is 22.9 Å². The van der Waals surface area contributed by atoms with Crippen LogP contribution in [-0.2, 0) is 13.1 Å². The quantitative estimate of drug-likeness (QED) is 0.0349. The van der Waals surface area contributed by atoms with Crippen LogP contribution in [0, 0.1) is 55.4 Å². The van der Waals surface area contributed by atoms with Crippen LogP contribution >= 0.6 is 0 Å². The van der Waals surface area contributed by atoms with Crippen molar-refractivity contribution in [3.63, 3.8) is 0 Å². The Kier molecular flexibility index (Phi) is 26.7. The van der Waals surface area contributed by atoms with Gasteiger partial charge in [-0.2, -0.15) is 15.5 Å². The summed E-state index contributed by atoms with van der Waals surface area (Å²) in [5.74, 6) is -0.101. The molecule has 0 radical (unpaired) electrons. The number of carbonyl (C=O) groups is 2. The summed E-state index contributed by atoms with van der Waals surface area (Å²) < 4.78 is 1.72. The highest BCUT2D eigenvalue weighted by atomic mass is 16.3. The molecule has 2 heterocycles. The number of nitrogens with zero attached hydrogens (tertiary/aromatic N) is 10. The van der Waals surface area contributed by atoms with Crippen LogP contribution in [0.5, 0.6) is 11.8 Å². The SMILES string of the molecule is [C-]#[N+]c1c(C)c(N=Nc2cccc(C(=O)N(CC(CC)CCCC)CC(CC)CCCC)c2)c(=O)n(CCn2c(O)c(C#N)c(C)c(N=Nc3cccc(C(=O)N(CC(CC)CCCC)CC(CC)CCCC)c3)c2=O)c1O. The fourth-order valence-electron chi connectivity index (χ4n) is 10.1. The molecular formula is C62H88N10O6. The van der Waals surface area contributed by atoms with E-state index in [9.17, 15) is 34.7 Å². The standard InChI is InChI=1S/C62H88N10O6/c1-12-20-26-45(16-5)39-69(40-46(17-6)27-21-13-2)57(73)49-30-24-32-51(36-49)65-67-55-43(9)53(38-63)59(75)71(61(55)77)34-35-72-60(76)54(64-11)44(10)56(62(72)78)68-66-52-33-25-31-50(37-52)58(74)70(41-47(18-7)28-22-14-3)42-48(19-8)29-23-15-4/h24-25,30-33,36-37,45-48,75-76H,12-23,26-29,34-35,39-42H2,1-10H3. The van der Waals surface area contributed by atoms with Crippen molar-refractivity contribution >= 4 is 40.3 Å². The lowest BCUT2D eigenvalue weighted by Crippen LogP contribution is -2.39. The molecule has 0 spiro atoms. The molecule has 2 N–H and O–H groups in total. The van der Waals surface area contributed by atoms with E-state index in [0.717, 1.165) is 112 Å². The molecule has 2 aromatic heterocycles. The lowest BCUT2D eigenvalue weighted by Gasteiger charge is -2.31. The number of carbonyl (C=O) groups excluding carboxylic acids is 2. The fraction of sp³-hybridized carbons (Fsp3) is 0.581. The largest absolute Gasteiger partial charge is 0.503 e. The predicted molar refractivity (Wildman–Crippen MR) is 311 cm³/mol. The third kappa shape index (κ3) is 17.3. The van der Waals surface area contributed by atoms with Crippen LogP contribution in [0.2, 0.25) is 0 Å². The van der Waals surface area contributed by atoms with Gasteiger partial charge in [0.2, 0.25) is 11.6 Å². The van der Waals surface area contributed by atoms with Gasteiger partial charge in [-0.05, 0) is 105 Å². The van der Waals surface area contributed by atoms with Crippen molar-refractivity contribution in [2.24, 2.45) is 44.1 Å². The molecule has 0 fully saturated rings. The van der Waals surface area contributed by atoms with Gasteiger partial charge in [0.15, 0.2) is 11.6 Å². The highest BCUT2D eigenvalue weighted by Crippen LogP contribution is 2.36. The summed E-state index contributed by atoms with van der Waals surface area (Å²) in [4.78, 5) is 64.6. The number of pyridine rings is 2. The molecule has 2 aromatic carbocycles. The van der Waals surface area contributed by atoms with Gasteiger partial charge in [-0.1, -0.05) is 145 Å². The number of aromatic hydroxyl groups is 2. The number of nitriles is 1. The van der Waals surface area contributed by atoms with Gasteiger partial charge in [-0.25, -0.2) is 4.85 Å². The van der Waals surface area contributed by atoms with E-state index in [1.807, 2.05) is 15.9 Å². The van der Waals surface area contributed by atoms with Crippen molar-refractivity contribution < 1.29 is 19.8 Å². The van der Waals surface area contributed by atoms with Crippen LogP contribution in [0.3, 0.4) is 0 Å². The molecule has 0 aliphatic heterocycles. The van der Waals surface area contributed by atoms with Crippen LogP contribution in [-0.4, -0.2) is 67.1 Å². The molecule has 16 nitrogen and oxygen atoms in total. The second-order valence-electron chi connectivity index (χ2n) is 21.0. The number of hydrogen-bond acceptors (Lipinski definition) is 11. The predicted octanol–water partition coefficient (Wildman–Crippen LogP) is 15.7. The molecule has 0 aliphatic rings. The number of rotatable bonds is 33. The summed E-state index contributed by atoms with van der Waals surface area (Å²) in [7, 11) is 0. The zero-order valence-electron chi connectivity index (χ0n) is 48.5. The minimum absolute atomic E-state index is 0.0647. The summed E-state index contributed by atoms with van der Waals surface area (Å²) in [5, 5.41) is 50.2. The number of azo groups is 2. The first-order chi connectivity index (χ1) is 37.6. The van der Waals surface area contributed by atoms with Crippen molar-refractivity contribution in [2.75, 3.05) is 26.2 Å². The second-order valence-corrected chi connectivity index (χ2v) is 21.0. The molecule has 4 unspecified atom stereocenters. The lowest BCUT2D eigenvalue weighted by atomic mass is 9.95. The monoisotopic (exact) mass is 1070 g/mol. The maximum atomic E-state index is 14.3. The van der Waals surface area contributed by atoms with Crippen LogP contribution in [0.25, 0.3) is 4.85 Å². The van der Waals surface area contributed by atoms with Gasteiger partial charge in [-0.15, -0.1) is 10.2 Å². The first-order valence-electron chi connectivity index (χ1n) is 28.9. The first kappa shape index (κ1) is 63.6. The van der Waals surface area contributed by atoms with Gasteiger partial charge >= 0.3 is 0 Å². The molecule has 0 aliphatic carbocycles. The van der Waals surface area contributed by atoms with Crippen molar-refractivity contribution in [3.05, 3.63) is 108 Å². The Bertz CT molecular complexity index is 2650. The third-order valence-corrected chi connectivity index (χ3v) is 15.4. The lowest BCUT2D eigenvalue weighted by molar-refractivity contribution is 0.0678. The average molecular weight is 1070 g/mol. The number of amides is 2. The van der Waals surface area contributed by atoms with Gasteiger partial charge < -0.3 is 20.0 Å². The van der Waals surface area contributed by atoms with E-state index in [4.69, 9.17) is 6.57 Å². The Morgan fingerprint density at radius 1 is 0.590 bits per heavy atom. The summed E-state index contributed by atoms with van der Waals surface area (Å²) in [6, 6.07) is 15.5. The molecule has 4 rings (SSSR count). The Morgan fingerprint density at radius 2 is 0.949 bits per heavy atom. The molecule has 4 atom stereocenters. The molecule has 4 aromatic rings. The molecule has 78 heavy (non-hydrogen) atoms. The summed E-state index contributed by atoms with van der Waals surface area (Å²) in [6.07, 6.45) is 16.8. The summed E-state index contributed by atoms with van der Waals surface area (Å²) in [5.41, 5.74) is -1.11. The molecule has 16 heteroatoms. The zero-order valence-corrected chi connectivity index (χ0v) is 48.5. The van der Waals surface area contributed by atoms with Gasteiger partial charge in [0, 0.05) is 56.0 Å². The Hall–Kier alpha value is -6.94. The minimum atomic E-state index is -0.836. The minimum Gasteiger partial charge on any atom is -0.503 e. The maximum absolute atomic E-state index is 14.3. The van der Waals surface area contributed by atoms with E-state index < -0.39 is 36.0 Å². The smallest absolute Gasteiger partial charge is 0.281 e. The van der Waals surface area contributed by atoms with E-state index in [0.29, 0.717) is 72.4 Å². The molecular weight excluding hydrogens is 981 g/mol. The second kappa shape index (κ2) is 32.7. The van der Waals surface area contributed by atoms with E-state index in [1.54, 1.807) is 48.5 Å².